The Morgan fingerprint density at radius 2 is 1.65 bits per heavy atom. The maximum absolute atomic E-state index is 14.4. The number of carbonyl (C=O) groups excluding carboxylic acids is 1. The molecule has 0 radical (unpaired) electrons. The minimum absolute atomic E-state index is 0.0508. The molecule has 0 aliphatic carbocycles. The molecule has 4 N–H and O–H groups in total. The summed E-state index contributed by atoms with van der Waals surface area (Å²) in [6, 6.07) is -0.123. The van der Waals surface area contributed by atoms with Crippen LogP contribution >= 0.6 is 0 Å². The number of hydrogen-bond donors (Lipinski definition) is 4. The predicted octanol–water partition coefficient (Wildman–Crippen LogP) is 3.16. The van der Waals surface area contributed by atoms with Crippen LogP contribution in [0.1, 0.15) is 108 Å². The quantitative estimate of drug-likeness (QED) is 0.255. The Morgan fingerprint density at radius 3 is 2.27 bits per heavy atom. The van der Waals surface area contributed by atoms with Crippen LogP contribution < -0.4 is 0 Å². The first kappa shape index (κ1) is 42.2. The summed E-state index contributed by atoms with van der Waals surface area (Å²) in [5.74, 6) is -2.63. The van der Waals surface area contributed by atoms with Crippen LogP contribution in [0.15, 0.2) is 0 Å². The van der Waals surface area contributed by atoms with Crippen molar-refractivity contribution in [2.24, 2.45) is 23.7 Å². The van der Waals surface area contributed by atoms with Gasteiger partial charge in [0.05, 0.1) is 53.7 Å². The number of aliphatic hydroxyl groups is 4. The largest absolute Gasteiger partial charge is 0.459 e. The van der Waals surface area contributed by atoms with Crippen molar-refractivity contribution in [3.63, 3.8) is 0 Å². The molecule has 0 saturated carbocycles. The predicted molar refractivity (Wildman–Crippen MR) is 191 cm³/mol. The van der Waals surface area contributed by atoms with E-state index in [0.29, 0.717) is 12.8 Å². The van der Waals surface area contributed by atoms with Gasteiger partial charge in [-0.1, -0.05) is 27.7 Å². The van der Waals surface area contributed by atoms with E-state index in [2.05, 4.69) is 11.8 Å². The Bertz CT molecular complexity index is 1200. The summed E-state index contributed by atoms with van der Waals surface area (Å²) < 4.78 is 45.5. The molecule has 0 aromatic rings. The first-order valence-corrected chi connectivity index (χ1v) is 19.8. The van der Waals surface area contributed by atoms with Gasteiger partial charge >= 0.3 is 5.97 Å². The zero-order valence-corrected chi connectivity index (χ0v) is 33.4. The molecule has 0 spiro atoms. The number of methoxy groups -OCH3 is 1. The van der Waals surface area contributed by atoms with E-state index < -0.39 is 102 Å². The standard InChI is InChI=1S/C39H69NO12/c1-12-27(41)39(10,45)34-22(4)30-20(2)18-38(9,52-30)33(51-36-29(42)26(17-21(3)47-36)40-15-13-14-16-40)23(5)31(24(6)35(44)50-34)49-28-19-37(8,46-11)32(43)25(7)48-28/h20-34,36,41-43,45H,12-19H2,1-11H3/t20?,21?,22-,23-,24+,25?,26?,27+,28-,29?,30?,31-,32-,33+,34+,36-,37?,38-,39+/m0/s1. The van der Waals surface area contributed by atoms with Crippen molar-refractivity contribution in [1.29, 1.82) is 0 Å². The summed E-state index contributed by atoms with van der Waals surface area (Å²) in [7, 11) is 1.54. The molecule has 0 amide bonds. The van der Waals surface area contributed by atoms with Gasteiger partial charge in [-0.2, -0.15) is 0 Å². The Kier molecular flexibility index (Phi) is 13.2. The van der Waals surface area contributed by atoms with E-state index in [-0.39, 0.29) is 30.9 Å². The zero-order valence-electron chi connectivity index (χ0n) is 33.4. The number of rotatable bonds is 9. The van der Waals surface area contributed by atoms with Crippen LogP contribution in [0.5, 0.6) is 0 Å². The summed E-state index contributed by atoms with van der Waals surface area (Å²) >= 11 is 0. The summed E-state index contributed by atoms with van der Waals surface area (Å²) in [5, 5.41) is 45.6. The fourth-order valence-corrected chi connectivity index (χ4v) is 10.1. The highest BCUT2D eigenvalue weighted by Crippen LogP contribution is 2.48. The van der Waals surface area contributed by atoms with E-state index in [1.54, 1.807) is 27.7 Å². The molecule has 0 aromatic carbocycles. The molecule has 5 aliphatic heterocycles. The number of fused-ring (bicyclic) bond motifs is 2. The van der Waals surface area contributed by atoms with E-state index in [4.69, 9.17) is 33.2 Å². The molecule has 2 bridgehead atoms. The normalized spacial score (nSPS) is 49.9. The van der Waals surface area contributed by atoms with Crippen molar-refractivity contribution in [3.8, 4) is 0 Å². The lowest BCUT2D eigenvalue weighted by molar-refractivity contribution is -0.318. The van der Waals surface area contributed by atoms with E-state index in [1.165, 1.54) is 14.0 Å². The number of carbonyl (C=O) groups is 1. The molecule has 19 atom stereocenters. The average molecular weight is 744 g/mol. The monoisotopic (exact) mass is 743 g/mol. The van der Waals surface area contributed by atoms with Crippen LogP contribution in [-0.4, -0.2) is 142 Å². The molecule has 5 saturated heterocycles. The zero-order chi connectivity index (χ0) is 38.5. The van der Waals surface area contributed by atoms with Crippen molar-refractivity contribution >= 4 is 5.97 Å². The number of cyclic esters (lactones) is 1. The minimum Gasteiger partial charge on any atom is -0.459 e. The molecule has 0 aromatic heterocycles. The smallest absolute Gasteiger partial charge is 0.311 e. The molecular weight excluding hydrogens is 674 g/mol. The molecule has 13 nitrogen and oxygen atoms in total. The maximum atomic E-state index is 14.4. The second-order valence-electron chi connectivity index (χ2n) is 17.5. The van der Waals surface area contributed by atoms with Crippen molar-refractivity contribution in [2.45, 2.75) is 198 Å². The highest BCUT2D eigenvalue weighted by Gasteiger charge is 2.59. The van der Waals surface area contributed by atoms with Crippen LogP contribution in [0.4, 0.5) is 0 Å². The third-order valence-corrected chi connectivity index (χ3v) is 13.3. The van der Waals surface area contributed by atoms with E-state index >= 15 is 0 Å². The molecule has 5 fully saturated rings. The van der Waals surface area contributed by atoms with Gasteiger partial charge in [0, 0.05) is 31.4 Å². The molecule has 7 unspecified atom stereocenters. The molecule has 302 valence electrons. The van der Waals surface area contributed by atoms with Crippen molar-refractivity contribution < 1.29 is 58.4 Å². The molecule has 5 rings (SSSR count). The summed E-state index contributed by atoms with van der Waals surface area (Å²) in [6.45, 7) is 20.3. The van der Waals surface area contributed by atoms with E-state index in [0.717, 1.165) is 25.9 Å². The first-order chi connectivity index (χ1) is 24.3. The second kappa shape index (κ2) is 16.3. The molecule has 13 heteroatoms. The van der Waals surface area contributed by atoms with Gasteiger partial charge in [-0.15, -0.1) is 0 Å². The van der Waals surface area contributed by atoms with Gasteiger partial charge < -0.3 is 53.6 Å². The average Bonchev–Trinajstić information content (AvgIpc) is 3.74. The number of aliphatic hydroxyl groups excluding tert-OH is 3. The molecule has 5 aliphatic rings. The third kappa shape index (κ3) is 8.12. The topological polar surface area (TPSA) is 166 Å². The van der Waals surface area contributed by atoms with Crippen molar-refractivity contribution in [1.82, 2.24) is 4.90 Å². The van der Waals surface area contributed by atoms with Crippen LogP contribution in [0.3, 0.4) is 0 Å². The highest BCUT2D eigenvalue weighted by atomic mass is 16.7. The van der Waals surface area contributed by atoms with Crippen molar-refractivity contribution in [2.75, 3.05) is 20.2 Å². The van der Waals surface area contributed by atoms with Crippen LogP contribution in [0.25, 0.3) is 0 Å². The summed E-state index contributed by atoms with van der Waals surface area (Å²) in [4.78, 5) is 16.7. The van der Waals surface area contributed by atoms with Gasteiger partial charge in [0.15, 0.2) is 12.6 Å². The Hall–Kier alpha value is -0.970. The Balaban J connectivity index is 1.57. The van der Waals surface area contributed by atoms with Crippen molar-refractivity contribution in [3.05, 3.63) is 0 Å². The first-order valence-electron chi connectivity index (χ1n) is 19.8. The molecular formula is C39H69NO12. The number of likely N-dealkylation sites (tertiary alicyclic amines) is 1. The highest BCUT2D eigenvalue weighted by molar-refractivity contribution is 5.73. The number of nitrogens with zero attached hydrogens (tertiary/aromatic N) is 1. The van der Waals surface area contributed by atoms with E-state index in [1.807, 2.05) is 27.7 Å². The van der Waals surface area contributed by atoms with Gasteiger partial charge in [-0.05, 0) is 92.7 Å². The number of hydrogen-bond acceptors (Lipinski definition) is 13. The fourth-order valence-electron chi connectivity index (χ4n) is 10.1. The second-order valence-corrected chi connectivity index (χ2v) is 17.5. The van der Waals surface area contributed by atoms with Gasteiger partial charge in [0.2, 0.25) is 0 Å². The lowest BCUT2D eigenvalue weighted by Gasteiger charge is -2.48. The summed E-state index contributed by atoms with van der Waals surface area (Å²) in [5.41, 5.74) is -3.70. The fraction of sp³-hybridized carbons (Fsp3) is 0.974. The lowest BCUT2D eigenvalue weighted by atomic mass is 9.76. The number of esters is 1. The lowest BCUT2D eigenvalue weighted by Crippen LogP contribution is -2.60. The molecule has 52 heavy (non-hydrogen) atoms. The van der Waals surface area contributed by atoms with Gasteiger partial charge in [-0.3, -0.25) is 9.69 Å². The van der Waals surface area contributed by atoms with Crippen LogP contribution in [-0.2, 0) is 38.0 Å². The van der Waals surface area contributed by atoms with Gasteiger partial charge in [-0.25, -0.2) is 0 Å². The molecule has 5 heterocycles. The Labute approximate surface area is 310 Å². The summed E-state index contributed by atoms with van der Waals surface area (Å²) in [6.07, 6.45) is -4.94. The Morgan fingerprint density at radius 1 is 1.00 bits per heavy atom. The van der Waals surface area contributed by atoms with Gasteiger partial charge in [0.1, 0.15) is 23.9 Å². The van der Waals surface area contributed by atoms with Gasteiger partial charge in [0.25, 0.3) is 0 Å². The van der Waals surface area contributed by atoms with Crippen LogP contribution in [0.2, 0.25) is 0 Å². The maximum Gasteiger partial charge on any atom is 0.311 e. The number of ether oxygens (including phenoxy) is 7. The SMILES string of the molecule is CC[C@@H](O)[C@@](C)(O)[C@@H]1OC(=O)[C@H](C)[C@@H](O[C@H]2CC(C)(OC)[C@@H](O)C(C)O2)[C@H](C)[C@@H](O[C@@H]2OC(C)CC(N3CCCC3)C2O)[C@]2(C)CC(C)C(O2)[C@@H]1C. The van der Waals surface area contributed by atoms with Crippen LogP contribution in [0, 0.1) is 23.7 Å². The van der Waals surface area contributed by atoms with E-state index in [9.17, 15) is 25.2 Å². The minimum atomic E-state index is -1.78. The third-order valence-electron chi connectivity index (χ3n) is 13.3.